The zero-order valence-corrected chi connectivity index (χ0v) is 19.7. The summed E-state index contributed by atoms with van der Waals surface area (Å²) in [6.45, 7) is 1.59. The number of benzene rings is 1. The second-order valence-electron chi connectivity index (χ2n) is 8.04. The lowest BCUT2D eigenvalue weighted by molar-refractivity contribution is -0.153. The van der Waals surface area contributed by atoms with Crippen LogP contribution in [-0.4, -0.2) is 39.3 Å². The number of aryl methyl sites for hydroxylation is 2. The highest BCUT2D eigenvalue weighted by Gasteiger charge is 2.35. The second kappa shape index (κ2) is 10.1. The first-order valence-electron chi connectivity index (χ1n) is 11.1. The lowest BCUT2D eigenvalue weighted by Crippen LogP contribution is -2.31. The topological polar surface area (TPSA) is 111 Å². The number of nitrogens with zero attached hydrogens (tertiary/aromatic N) is 4. The summed E-state index contributed by atoms with van der Waals surface area (Å²) in [5, 5.41) is 11.7. The molecule has 1 amide bonds. The number of carbonyl (C=O) groups is 2. The highest BCUT2D eigenvalue weighted by atomic mass is 32.1. The van der Waals surface area contributed by atoms with E-state index < -0.39 is 24.5 Å². The van der Waals surface area contributed by atoms with Gasteiger partial charge in [-0.15, -0.1) is 11.3 Å². The summed E-state index contributed by atoms with van der Waals surface area (Å²) in [7, 11) is 0. The summed E-state index contributed by atoms with van der Waals surface area (Å²) in [6.07, 6.45) is 2.29. The Morgan fingerprint density at radius 2 is 2.03 bits per heavy atom. The molecule has 0 bridgehead atoms. The first-order chi connectivity index (χ1) is 17.1. The standard InChI is InChI=1S/C25H22N4O5S/c1-16-6-8-17(9-7-16)18-14-19(20-4-2-12-32-20)29(27-18)23(30)15-33-24(31)11-10-22-26-25(28-34-22)21-5-3-13-35-21/h2-9,12-13,19H,10-11,14-15H2,1H3. The van der Waals surface area contributed by atoms with Crippen LogP contribution < -0.4 is 0 Å². The van der Waals surface area contributed by atoms with Crippen LogP contribution in [-0.2, 0) is 20.7 Å². The van der Waals surface area contributed by atoms with Gasteiger partial charge in [0.05, 0.1) is 23.3 Å². The van der Waals surface area contributed by atoms with Crippen LogP contribution in [0.4, 0.5) is 0 Å². The predicted octanol–water partition coefficient (Wildman–Crippen LogP) is 4.55. The molecular weight excluding hydrogens is 468 g/mol. The lowest BCUT2D eigenvalue weighted by atomic mass is 10.0. The highest BCUT2D eigenvalue weighted by Crippen LogP contribution is 2.33. The number of amides is 1. The number of ether oxygens (including phenoxy) is 1. The van der Waals surface area contributed by atoms with Crippen molar-refractivity contribution in [3.8, 4) is 10.7 Å². The van der Waals surface area contributed by atoms with Gasteiger partial charge < -0.3 is 13.7 Å². The molecule has 1 aromatic carbocycles. The molecule has 0 fully saturated rings. The molecule has 0 radical (unpaired) electrons. The number of carbonyl (C=O) groups excluding carboxylic acids is 2. The summed E-state index contributed by atoms with van der Waals surface area (Å²) in [5.41, 5.74) is 2.84. The fraction of sp³-hybridized carbons (Fsp3) is 0.240. The maximum atomic E-state index is 13.0. The van der Waals surface area contributed by atoms with Crippen LogP contribution in [0.5, 0.6) is 0 Å². The van der Waals surface area contributed by atoms with Gasteiger partial charge in [0, 0.05) is 12.8 Å². The van der Waals surface area contributed by atoms with Gasteiger partial charge in [-0.25, -0.2) is 5.01 Å². The number of rotatable bonds is 8. The minimum Gasteiger partial charge on any atom is -0.467 e. The van der Waals surface area contributed by atoms with Crippen LogP contribution >= 0.6 is 11.3 Å². The van der Waals surface area contributed by atoms with Crippen molar-refractivity contribution in [3.63, 3.8) is 0 Å². The van der Waals surface area contributed by atoms with Crippen molar-refractivity contribution in [2.45, 2.75) is 32.2 Å². The zero-order chi connectivity index (χ0) is 24.2. The van der Waals surface area contributed by atoms with Crippen LogP contribution in [0, 0.1) is 6.92 Å². The summed E-state index contributed by atoms with van der Waals surface area (Å²) in [4.78, 5) is 30.4. The molecule has 1 aliphatic heterocycles. The number of esters is 1. The van der Waals surface area contributed by atoms with Gasteiger partial charge >= 0.3 is 5.97 Å². The summed E-state index contributed by atoms with van der Waals surface area (Å²) < 4.78 is 16.0. The smallest absolute Gasteiger partial charge is 0.306 e. The van der Waals surface area contributed by atoms with Gasteiger partial charge in [0.25, 0.3) is 5.91 Å². The Hall–Kier alpha value is -4.05. The predicted molar refractivity (Wildman–Crippen MR) is 128 cm³/mol. The molecule has 1 unspecified atom stereocenters. The molecular formula is C25H22N4O5S. The van der Waals surface area contributed by atoms with E-state index in [0.29, 0.717) is 23.9 Å². The van der Waals surface area contributed by atoms with E-state index in [1.807, 2.05) is 48.7 Å². The second-order valence-corrected chi connectivity index (χ2v) is 8.98. The summed E-state index contributed by atoms with van der Waals surface area (Å²) in [5.74, 6) is 0.471. The monoisotopic (exact) mass is 490 g/mol. The Kier molecular flexibility index (Phi) is 6.53. The summed E-state index contributed by atoms with van der Waals surface area (Å²) in [6, 6.07) is 14.9. The van der Waals surface area contributed by atoms with Gasteiger partial charge in [-0.2, -0.15) is 10.1 Å². The summed E-state index contributed by atoms with van der Waals surface area (Å²) >= 11 is 1.50. The van der Waals surface area contributed by atoms with E-state index in [1.165, 1.54) is 16.3 Å². The van der Waals surface area contributed by atoms with Crippen molar-refractivity contribution in [2.24, 2.45) is 5.10 Å². The molecule has 35 heavy (non-hydrogen) atoms. The van der Waals surface area contributed by atoms with Crippen LogP contribution in [0.25, 0.3) is 10.7 Å². The number of hydrogen-bond acceptors (Lipinski definition) is 9. The van der Waals surface area contributed by atoms with Crippen molar-refractivity contribution in [1.82, 2.24) is 15.1 Å². The Balaban J connectivity index is 1.19. The Labute approximate surface area is 205 Å². The van der Waals surface area contributed by atoms with E-state index in [0.717, 1.165) is 21.7 Å². The number of aromatic nitrogens is 2. The normalized spacial score (nSPS) is 15.3. The van der Waals surface area contributed by atoms with Crippen LogP contribution in [0.2, 0.25) is 0 Å². The minimum atomic E-state index is -0.536. The zero-order valence-electron chi connectivity index (χ0n) is 18.9. The van der Waals surface area contributed by atoms with E-state index in [2.05, 4.69) is 15.2 Å². The van der Waals surface area contributed by atoms with Gasteiger partial charge in [-0.05, 0) is 36.1 Å². The largest absolute Gasteiger partial charge is 0.467 e. The molecule has 3 aromatic heterocycles. The third-order valence-corrected chi connectivity index (χ3v) is 6.40. The maximum absolute atomic E-state index is 13.0. The van der Waals surface area contributed by atoms with Crippen molar-refractivity contribution < 1.29 is 23.3 Å². The average Bonchev–Trinajstić information content (AvgIpc) is 3.68. The minimum absolute atomic E-state index is 0.0127. The first kappa shape index (κ1) is 22.7. The van der Waals surface area contributed by atoms with Gasteiger partial charge in [-0.1, -0.05) is 41.1 Å². The number of thiophene rings is 1. The van der Waals surface area contributed by atoms with Gasteiger partial charge in [-0.3, -0.25) is 9.59 Å². The fourth-order valence-corrected chi connectivity index (χ4v) is 4.36. The maximum Gasteiger partial charge on any atom is 0.306 e. The van der Waals surface area contributed by atoms with Crippen molar-refractivity contribution >= 4 is 28.9 Å². The highest BCUT2D eigenvalue weighted by molar-refractivity contribution is 7.13. The first-order valence-corrected chi connectivity index (χ1v) is 12.0. The average molecular weight is 491 g/mol. The van der Waals surface area contributed by atoms with Crippen LogP contribution in [0.15, 0.2) is 74.2 Å². The molecule has 0 N–H and O–H groups in total. The van der Waals surface area contributed by atoms with Crippen molar-refractivity contribution in [3.05, 3.63) is 83.0 Å². The molecule has 4 aromatic rings. The third-order valence-electron chi connectivity index (χ3n) is 5.53. The molecule has 10 heteroatoms. The molecule has 0 saturated carbocycles. The molecule has 0 spiro atoms. The molecule has 1 atom stereocenters. The van der Waals surface area contributed by atoms with E-state index in [4.69, 9.17) is 13.7 Å². The molecule has 4 heterocycles. The van der Waals surface area contributed by atoms with Crippen molar-refractivity contribution in [2.75, 3.05) is 6.61 Å². The van der Waals surface area contributed by atoms with Crippen LogP contribution in [0.3, 0.4) is 0 Å². The SMILES string of the molecule is Cc1ccc(C2=NN(C(=O)COC(=O)CCc3nc(-c4cccs4)no3)C(c3ccco3)C2)cc1. The fourth-order valence-electron chi connectivity index (χ4n) is 3.72. The third kappa shape index (κ3) is 5.22. The van der Waals surface area contributed by atoms with E-state index in [1.54, 1.807) is 18.4 Å². The molecule has 178 valence electrons. The molecule has 9 nitrogen and oxygen atoms in total. The quantitative estimate of drug-likeness (QED) is 0.333. The number of hydrazone groups is 1. The number of hydrogen-bond donors (Lipinski definition) is 0. The number of furan rings is 1. The van der Waals surface area contributed by atoms with E-state index >= 15 is 0 Å². The Morgan fingerprint density at radius 1 is 1.17 bits per heavy atom. The Morgan fingerprint density at radius 3 is 2.77 bits per heavy atom. The molecule has 0 aliphatic carbocycles. The van der Waals surface area contributed by atoms with Gasteiger partial charge in [0.2, 0.25) is 11.7 Å². The van der Waals surface area contributed by atoms with E-state index in [-0.39, 0.29) is 12.8 Å². The molecule has 1 aliphatic rings. The van der Waals surface area contributed by atoms with Crippen LogP contribution in [0.1, 0.15) is 41.7 Å². The molecule has 0 saturated heterocycles. The van der Waals surface area contributed by atoms with Gasteiger partial charge in [0.15, 0.2) is 6.61 Å². The van der Waals surface area contributed by atoms with Gasteiger partial charge in [0.1, 0.15) is 11.8 Å². The van der Waals surface area contributed by atoms with E-state index in [9.17, 15) is 9.59 Å². The van der Waals surface area contributed by atoms with Crippen molar-refractivity contribution in [1.29, 1.82) is 0 Å². The molecule has 5 rings (SSSR count). The lowest BCUT2D eigenvalue weighted by Gasteiger charge is -2.19. The Bertz CT molecular complexity index is 1330.